The quantitative estimate of drug-likeness (QED) is 0.521. The van der Waals surface area contributed by atoms with Gasteiger partial charge in [-0.15, -0.1) is 0 Å². The van der Waals surface area contributed by atoms with Gasteiger partial charge in [0.05, 0.1) is 11.2 Å². The molecule has 0 atom stereocenters. The van der Waals surface area contributed by atoms with Gasteiger partial charge in [0.25, 0.3) is 5.91 Å². The van der Waals surface area contributed by atoms with Gasteiger partial charge in [-0.05, 0) is 50.6 Å². The van der Waals surface area contributed by atoms with Crippen LogP contribution in [0.25, 0.3) is 10.9 Å². The third kappa shape index (κ3) is 4.06. The molecule has 1 amide bonds. The second-order valence-electron chi connectivity index (χ2n) is 7.00. The summed E-state index contributed by atoms with van der Waals surface area (Å²) in [5.41, 5.74) is 5.55. The number of nitrogens with one attached hydrogen (secondary N) is 2. The highest BCUT2D eigenvalue weighted by Gasteiger charge is 2.13. The van der Waals surface area contributed by atoms with Gasteiger partial charge < -0.3 is 10.6 Å². The Kier molecular flexibility index (Phi) is 4.91. The average Bonchev–Trinajstić information content (AvgIpc) is 2.70. The smallest absolute Gasteiger partial charge is 0.274 e. The number of hydrogen-bond donors (Lipinski definition) is 2. The molecule has 6 heteroatoms. The largest absolute Gasteiger partial charge is 0.324 e. The number of carbonyl (C=O) groups excluding carboxylic acids is 1. The molecule has 0 unspecified atom stereocenters. The van der Waals surface area contributed by atoms with Gasteiger partial charge in [0.15, 0.2) is 0 Å². The lowest BCUT2D eigenvalue weighted by molar-refractivity contribution is 0.102. The second kappa shape index (κ2) is 7.67. The third-order valence-electron chi connectivity index (χ3n) is 4.60. The van der Waals surface area contributed by atoms with Crippen molar-refractivity contribution >= 4 is 34.1 Å². The molecule has 0 spiro atoms. The van der Waals surface area contributed by atoms with Gasteiger partial charge in [0.1, 0.15) is 5.69 Å². The molecule has 29 heavy (non-hydrogen) atoms. The lowest BCUT2D eigenvalue weighted by Crippen LogP contribution is -2.16. The van der Waals surface area contributed by atoms with Crippen LogP contribution >= 0.6 is 0 Å². The molecule has 0 bridgehead atoms. The van der Waals surface area contributed by atoms with E-state index in [0.717, 1.165) is 22.2 Å². The third-order valence-corrected chi connectivity index (χ3v) is 4.60. The number of anilines is 3. The van der Waals surface area contributed by atoms with Gasteiger partial charge in [-0.25, -0.2) is 9.97 Å². The Morgan fingerprint density at radius 2 is 1.72 bits per heavy atom. The fraction of sp³-hybridized carbons (Fsp3) is 0.130. The molecule has 4 aromatic rings. The van der Waals surface area contributed by atoms with Crippen molar-refractivity contribution in [2.45, 2.75) is 20.8 Å². The lowest BCUT2D eigenvalue weighted by atomic mass is 10.1. The summed E-state index contributed by atoms with van der Waals surface area (Å²) < 4.78 is 0. The molecule has 4 rings (SSSR count). The molecule has 0 saturated heterocycles. The Labute approximate surface area is 169 Å². The second-order valence-corrected chi connectivity index (χ2v) is 7.00. The number of aryl methyl sites for hydroxylation is 3. The molecule has 0 aliphatic rings. The van der Waals surface area contributed by atoms with Crippen molar-refractivity contribution in [3.63, 3.8) is 0 Å². The Bertz CT molecular complexity index is 1210. The van der Waals surface area contributed by atoms with Gasteiger partial charge in [0.2, 0.25) is 5.95 Å². The summed E-state index contributed by atoms with van der Waals surface area (Å²) in [6.07, 6.45) is 1.71. The molecule has 144 valence electrons. The summed E-state index contributed by atoms with van der Waals surface area (Å²) in [6, 6.07) is 17.3. The number of pyridine rings is 1. The molecule has 0 fully saturated rings. The number of aromatic nitrogens is 3. The number of amides is 1. The van der Waals surface area contributed by atoms with Gasteiger partial charge in [0, 0.05) is 23.0 Å². The summed E-state index contributed by atoms with van der Waals surface area (Å²) in [6.45, 7) is 5.90. The highest BCUT2D eigenvalue weighted by atomic mass is 16.1. The number of fused-ring (bicyclic) bond motifs is 1. The van der Waals surface area contributed by atoms with Gasteiger partial charge in [-0.3, -0.25) is 9.78 Å². The summed E-state index contributed by atoms with van der Waals surface area (Å²) in [7, 11) is 0. The van der Waals surface area contributed by atoms with Gasteiger partial charge in [-0.2, -0.15) is 0 Å². The Morgan fingerprint density at radius 3 is 2.55 bits per heavy atom. The monoisotopic (exact) mass is 383 g/mol. The lowest BCUT2D eigenvalue weighted by Gasteiger charge is -2.11. The molecule has 0 radical (unpaired) electrons. The zero-order valence-corrected chi connectivity index (χ0v) is 16.5. The summed E-state index contributed by atoms with van der Waals surface area (Å²) in [4.78, 5) is 26.1. The molecule has 0 aliphatic carbocycles. The van der Waals surface area contributed by atoms with E-state index in [2.05, 4.69) is 31.7 Å². The van der Waals surface area contributed by atoms with Crippen molar-refractivity contribution < 1.29 is 4.79 Å². The van der Waals surface area contributed by atoms with E-state index >= 15 is 0 Å². The maximum atomic E-state index is 12.9. The first kappa shape index (κ1) is 18.6. The van der Waals surface area contributed by atoms with Crippen LogP contribution in [0.3, 0.4) is 0 Å². The average molecular weight is 383 g/mol. The van der Waals surface area contributed by atoms with E-state index in [1.54, 1.807) is 12.3 Å². The molecule has 0 aliphatic heterocycles. The molecule has 2 N–H and O–H groups in total. The first-order valence-corrected chi connectivity index (χ1v) is 9.35. The summed E-state index contributed by atoms with van der Waals surface area (Å²) in [5.74, 6) is 0.0791. The van der Waals surface area contributed by atoms with Crippen LogP contribution in [0.5, 0.6) is 0 Å². The highest BCUT2D eigenvalue weighted by molar-refractivity contribution is 6.07. The van der Waals surface area contributed by atoms with E-state index in [0.29, 0.717) is 17.3 Å². The van der Waals surface area contributed by atoms with E-state index in [1.165, 1.54) is 5.56 Å². The van der Waals surface area contributed by atoms with Crippen LogP contribution < -0.4 is 10.6 Å². The zero-order valence-electron chi connectivity index (χ0n) is 16.5. The first-order chi connectivity index (χ1) is 14.0. The van der Waals surface area contributed by atoms with Crippen LogP contribution in [0.15, 0.2) is 60.8 Å². The van der Waals surface area contributed by atoms with Gasteiger partial charge >= 0.3 is 0 Å². The van der Waals surface area contributed by atoms with Crippen LogP contribution in [0.2, 0.25) is 0 Å². The SMILES string of the molecule is Cc1ccc(Nc2nc(C)cc(C(=O)Nc3cccc4cccnc34)n2)c(C)c1. The maximum absolute atomic E-state index is 12.9. The minimum absolute atomic E-state index is 0.290. The number of hydrogen-bond acceptors (Lipinski definition) is 5. The predicted molar refractivity (Wildman–Crippen MR) is 116 cm³/mol. The van der Waals surface area contributed by atoms with Crippen LogP contribution in [-0.4, -0.2) is 20.9 Å². The van der Waals surface area contributed by atoms with Crippen molar-refractivity contribution in [3.8, 4) is 0 Å². The number of benzene rings is 2. The predicted octanol–water partition coefficient (Wildman–Crippen LogP) is 4.95. The highest BCUT2D eigenvalue weighted by Crippen LogP contribution is 2.22. The van der Waals surface area contributed by atoms with Crippen LogP contribution in [0.1, 0.15) is 27.3 Å². The molecular weight excluding hydrogens is 362 g/mol. The molecule has 2 aromatic carbocycles. The number of nitrogens with zero attached hydrogens (tertiary/aromatic N) is 3. The standard InChI is InChI=1S/C23H21N5O/c1-14-9-10-18(15(2)12-14)27-23-25-16(3)13-20(28-23)22(29)26-19-8-4-6-17-7-5-11-24-21(17)19/h4-13H,1-3H3,(H,26,29)(H,25,27,28). The van der Waals surface area contributed by atoms with Crippen molar-refractivity contribution in [1.29, 1.82) is 0 Å². The van der Waals surface area contributed by atoms with E-state index in [4.69, 9.17) is 0 Å². The summed E-state index contributed by atoms with van der Waals surface area (Å²) in [5, 5.41) is 7.09. The fourth-order valence-corrected chi connectivity index (χ4v) is 3.21. The first-order valence-electron chi connectivity index (χ1n) is 9.35. The van der Waals surface area contributed by atoms with E-state index in [9.17, 15) is 4.79 Å². The van der Waals surface area contributed by atoms with Crippen LogP contribution in [0, 0.1) is 20.8 Å². The number of carbonyl (C=O) groups is 1. The van der Waals surface area contributed by atoms with E-state index < -0.39 is 0 Å². The minimum Gasteiger partial charge on any atom is -0.324 e. The van der Waals surface area contributed by atoms with Crippen molar-refractivity contribution in [2.75, 3.05) is 10.6 Å². The van der Waals surface area contributed by atoms with Crippen molar-refractivity contribution in [1.82, 2.24) is 15.0 Å². The van der Waals surface area contributed by atoms with E-state index in [-0.39, 0.29) is 11.6 Å². The van der Waals surface area contributed by atoms with Crippen molar-refractivity contribution in [2.24, 2.45) is 0 Å². The maximum Gasteiger partial charge on any atom is 0.274 e. The fourth-order valence-electron chi connectivity index (χ4n) is 3.21. The minimum atomic E-state index is -0.308. The van der Waals surface area contributed by atoms with Gasteiger partial charge in [-0.1, -0.05) is 35.9 Å². The molecule has 0 saturated carbocycles. The molecular formula is C23H21N5O. The van der Waals surface area contributed by atoms with Crippen LogP contribution in [0.4, 0.5) is 17.3 Å². The Balaban J connectivity index is 1.62. The topological polar surface area (TPSA) is 79.8 Å². The van der Waals surface area contributed by atoms with Crippen molar-refractivity contribution in [3.05, 3.63) is 83.3 Å². The number of rotatable bonds is 4. The number of para-hydroxylation sites is 1. The Hall–Kier alpha value is -3.80. The van der Waals surface area contributed by atoms with E-state index in [1.807, 2.05) is 63.2 Å². The normalized spacial score (nSPS) is 10.7. The zero-order chi connectivity index (χ0) is 20.4. The summed E-state index contributed by atoms with van der Waals surface area (Å²) >= 11 is 0. The molecule has 6 nitrogen and oxygen atoms in total. The van der Waals surface area contributed by atoms with Crippen LogP contribution in [-0.2, 0) is 0 Å². The Morgan fingerprint density at radius 1 is 0.897 bits per heavy atom. The molecule has 2 aromatic heterocycles. The molecule has 2 heterocycles.